The number of aromatic nitrogens is 1. The average molecular weight is 481 g/mol. The first-order valence-corrected chi connectivity index (χ1v) is 10.9. The molecule has 0 aliphatic rings. The summed E-state index contributed by atoms with van der Waals surface area (Å²) in [6.45, 7) is 5.38. The second kappa shape index (κ2) is 8.91. The molecule has 0 aliphatic carbocycles. The fourth-order valence-electron chi connectivity index (χ4n) is 3.51. The van der Waals surface area contributed by atoms with Gasteiger partial charge in [0.2, 0.25) is 5.71 Å². The SMILES string of the molecule is CNC(=O)c1c(-c2ccc(F)cc2)oc2nc(Cl)c(-c3cccc(C(=O)OC(C)(C)C)c3)cc12. The molecule has 1 N–H and O–H groups in total. The number of esters is 1. The van der Waals surface area contributed by atoms with Crippen molar-refractivity contribution in [3.63, 3.8) is 0 Å². The normalized spacial score (nSPS) is 11.5. The topological polar surface area (TPSA) is 81.4 Å². The number of nitrogens with one attached hydrogen (secondary N) is 1. The number of halogens is 2. The third-order valence-electron chi connectivity index (χ3n) is 5.00. The van der Waals surface area contributed by atoms with E-state index in [9.17, 15) is 14.0 Å². The Balaban J connectivity index is 1.87. The van der Waals surface area contributed by atoms with Crippen LogP contribution in [0.2, 0.25) is 5.15 Å². The van der Waals surface area contributed by atoms with Gasteiger partial charge in [-0.25, -0.2) is 14.2 Å². The van der Waals surface area contributed by atoms with Gasteiger partial charge in [0.25, 0.3) is 5.91 Å². The van der Waals surface area contributed by atoms with Gasteiger partial charge in [0, 0.05) is 18.2 Å². The Labute approximate surface area is 200 Å². The Morgan fingerprint density at radius 2 is 1.76 bits per heavy atom. The number of hydrogen-bond acceptors (Lipinski definition) is 5. The van der Waals surface area contributed by atoms with E-state index in [2.05, 4.69) is 10.3 Å². The zero-order valence-corrected chi connectivity index (χ0v) is 19.8. The molecular weight excluding hydrogens is 459 g/mol. The number of pyridine rings is 1. The molecular formula is C26H22ClFN2O4. The molecule has 0 atom stereocenters. The Morgan fingerprint density at radius 3 is 2.41 bits per heavy atom. The number of fused-ring (bicyclic) bond motifs is 1. The molecule has 0 bridgehead atoms. The number of furan rings is 1. The fourth-order valence-corrected chi connectivity index (χ4v) is 3.75. The maximum absolute atomic E-state index is 13.4. The van der Waals surface area contributed by atoms with Crippen molar-refractivity contribution in [2.45, 2.75) is 26.4 Å². The number of nitrogens with zero attached hydrogens (tertiary/aromatic N) is 1. The molecule has 0 aliphatic heterocycles. The minimum atomic E-state index is -0.638. The van der Waals surface area contributed by atoms with Crippen molar-refractivity contribution < 1.29 is 23.1 Å². The first-order valence-electron chi connectivity index (χ1n) is 10.5. The van der Waals surface area contributed by atoms with Crippen LogP contribution >= 0.6 is 11.6 Å². The molecule has 2 aromatic heterocycles. The van der Waals surface area contributed by atoms with Gasteiger partial charge >= 0.3 is 5.97 Å². The van der Waals surface area contributed by atoms with E-state index in [0.29, 0.717) is 27.6 Å². The molecule has 0 fully saturated rings. The van der Waals surface area contributed by atoms with Gasteiger partial charge in [0.15, 0.2) is 0 Å². The van der Waals surface area contributed by atoms with E-state index in [1.807, 2.05) is 0 Å². The third-order valence-corrected chi connectivity index (χ3v) is 5.29. The smallest absolute Gasteiger partial charge is 0.338 e. The highest BCUT2D eigenvalue weighted by atomic mass is 35.5. The summed E-state index contributed by atoms with van der Waals surface area (Å²) in [6.07, 6.45) is 0. The number of benzene rings is 2. The van der Waals surface area contributed by atoms with Crippen molar-refractivity contribution in [1.29, 1.82) is 0 Å². The van der Waals surface area contributed by atoms with Gasteiger partial charge in [-0.2, -0.15) is 0 Å². The minimum Gasteiger partial charge on any atom is -0.456 e. The van der Waals surface area contributed by atoms with E-state index < -0.39 is 23.3 Å². The lowest BCUT2D eigenvalue weighted by Crippen LogP contribution is -2.23. The van der Waals surface area contributed by atoms with Crippen molar-refractivity contribution in [3.8, 4) is 22.5 Å². The first-order chi connectivity index (χ1) is 16.1. The van der Waals surface area contributed by atoms with Crippen LogP contribution in [0.15, 0.2) is 59.0 Å². The zero-order chi connectivity index (χ0) is 24.6. The molecule has 0 saturated heterocycles. The molecule has 0 radical (unpaired) electrons. The predicted octanol–water partition coefficient (Wildman–Crippen LogP) is 6.27. The van der Waals surface area contributed by atoms with Gasteiger partial charge in [0.1, 0.15) is 22.3 Å². The molecule has 8 heteroatoms. The number of carbonyl (C=O) groups is 2. The number of carbonyl (C=O) groups excluding carboxylic acids is 2. The molecule has 34 heavy (non-hydrogen) atoms. The van der Waals surface area contributed by atoms with E-state index in [0.717, 1.165) is 0 Å². The fraction of sp³-hybridized carbons (Fsp3) is 0.192. The Kier molecular flexibility index (Phi) is 6.15. The molecule has 174 valence electrons. The largest absolute Gasteiger partial charge is 0.456 e. The third kappa shape index (κ3) is 4.65. The molecule has 2 heterocycles. The second-order valence-electron chi connectivity index (χ2n) is 8.65. The Bertz CT molecular complexity index is 1410. The molecule has 0 unspecified atom stereocenters. The van der Waals surface area contributed by atoms with E-state index >= 15 is 0 Å². The lowest BCUT2D eigenvalue weighted by molar-refractivity contribution is 0.00694. The van der Waals surface area contributed by atoms with Crippen molar-refractivity contribution in [3.05, 3.63) is 76.7 Å². The summed E-state index contributed by atoms with van der Waals surface area (Å²) in [5, 5.41) is 3.17. The summed E-state index contributed by atoms with van der Waals surface area (Å²) < 4.78 is 24.8. The highest BCUT2D eigenvalue weighted by molar-refractivity contribution is 6.32. The van der Waals surface area contributed by atoms with Crippen molar-refractivity contribution in [2.75, 3.05) is 7.05 Å². The van der Waals surface area contributed by atoms with Gasteiger partial charge in [-0.3, -0.25) is 4.79 Å². The zero-order valence-electron chi connectivity index (χ0n) is 19.0. The summed E-state index contributed by atoms with van der Waals surface area (Å²) >= 11 is 6.48. The summed E-state index contributed by atoms with van der Waals surface area (Å²) in [5.74, 6) is -1.02. The van der Waals surface area contributed by atoms with E-state index in [4.69, 9.17) is 20.8 Å². The summed E-state index contributed by atoms with van der Waals surface area (Å²) in [7, 11) is 1.50. The quantitative estimate of drug-likeness (QED) is 0.275. The molecule has 2 aromatic carbocycles. The lowest BCUT2D eigenvalue weighted by Gasteiger charge is -2.19. The van der Waals surface area contributed by atoms with Crippen molar-refractivity contribution in [2.24, 2.45) is 0 Å². The molecule has 4 rings (SSSR count). The van der Waals surface area contributed by atoms with Gasteiger partial charge in [-0.05, 0) is 68.8 Å². The van der Waals surface area contributed by atoms with E-state index in [1.165, 1.54) is 31.3 Å². The van der Waals surface area contributed by atoms with Gasteiger partial charge in [-0.1, -0.05) is 23.7 Å². The second-order valence-corrected chi connectivity index (χ2v) is 9.01. The molecule has 0 spiro atoms. The van der Waals surface area contributed by atoms with Crippen LogP contribution in [0.1, 0.15) is 41.5 Å². The minimum absolute atomic E-state index is 0.136. The Hall–Kier alpha value is -3.71. The number of amides is 1. The summed E-state index contributed by atoms with van der Waals surface area (Å²) in [4.78, 5) is 29.7. The van der Waals surface area contributed by atoms with Crippen LogP contribution in [0, 0.1) is 5.82 Å². The lowest BCUT2D eigenvalue weighted by atomic mass is 10.0. The van der Waals surface area contributed by atoms with Crippen LogP contribution in [0.25, 0.3) is 33.6 Å². The number of hydrogen-bond donors (Lipinski definition) is 1. The Morgan fingerprint density at radius 1 is 1.06 bits per heavy atom. The number of ether oxygens (including phenoxy) is 1. The van der Waals surface area contributed by atoms with Crippen LogP contribution in [0.5, 0.6) is 0 Å². The van der Waals surface area contributed by atoms with Gasteiger partial charge in [-0.15, -0.1) is 0 Å². The van der Waals surface area contributed by atoms with E-state index in [-0.39, 0.29) is 22.2 Å². The summed E-state index contributed by atoms with van der Waals surface area (Å²) in [6, 6.07) is 14.1. The molecule has 1 amide bonds. The van der Waals surface area contributed by atoms with Crippen LogP contribution in [-0.2, 0) is 4.74 Å². The summed E-state index contributed by atoms with van der Waals surface area (Å²) in [5.41, 5.74) is 1.78. The maximum atomic E-state index is 13.4. The highest BCUT2D eigenvalue weighted by Crippen LogP contribution is 2.38. The van der Waals surface area contributed by atoms with Crippen LogP contribution in [-0.4, -0.2) is 29.5 Å². The first kappa shape index (κ1) is 23.4. The van der Waals surface area contributed by atoms with Gasteiger partial charge < -0.3 is 14.5 Å². The van der Waals surface area contributed by atoms with Crippen LogP contribution < -0.4 is 5.32 Å². The van der Waals surface area contributed by atoms with Crippen molar-refractivity contribution in [1.82, 2.24) is 10.3 Å². The van der Waals surface area contributed by atoms with Crippen molar-refractivity contribution >= 4 is 34.6 Å². The molecule has 4 aromatic rings. The molecule has 6 nitrogen and oxygen atoms in total. The number of rotatable bonds is 4. The van der Waals surface area contributed by atoms with E-state index in [1.54, 1.807) is 51.1 Å². The highest BCUT2D eigenvalue weighted by Gasteiger charge is 2.25. The van der Waals surface area contributed by atoms with Gasteiger partial charge in [0.05, 0.1) is 16.5 Å². The molecule has 0 saturated carbocycles. The predicted molar refractivity (Wildman–Crippen MR) is 128 cm³/mol. The maximum Gasteiger partial charge on any atom is 0.338 e. The average Bonchev–Trinajstić information content (AvgIpc) is 3.15. The standard InChI is InChI=1S/C26H22ClFN2O4/c1-26(2,3)34-25(32)16-7-5-6-15(12-16)18-13-19-20(23(31)29-4)21(33-24(19)30-22(18)27)14-8-10-17(28)11-9-14/h5-13H,1-4H3,(H,29,31). The monoisotopic (exact) mass is 480 g/mol. The van der Waals surface area contributed by atoms with Crippen LogP contribution in [0.3, 0.4) is 0 Å². The van der Waals surface area contributed by atoms with Crippen LogP contribution in [0.4, 0.5) is 4.39 Å².